The Bertz CT molecular complexity index is 1130. The van der Waals surface area contributed by atoms with Gasteiger partial charge in [0.05, 0.1) is 17.3 Å². The molecule has 0 unspecified atom stereocenters. The van der Waals surface area contributed by atoms with Gasteiger partial charge in [-0.2, -0.15) is 44.6 Å². The van der Waals surface area contributed by atoms with E-state index < -0.39 is 46.4 Å². The van der Waals surface area contributed by atoms with E-state index in [-0.39, 0.29) is 17.4 Å². The minimum absolute atomic E-state index is 0.0416. The summed E-state index contributed by atoms with van der Waals surface area (Å²) in [5, 5.41) is 2.95. The molecule has 0 bridgehead atoms. The Labute approximate surface area is 167 Å². The van der Waals surface area contributed by atoms with Gasteiger partial charge in [0.2, 0.25) is 0 Å². The fourth-order valence-corrected chi connectivity index (χ4v) is 2.51. The topological polar surface area (TPSA) is 50.2 Å². The van der Waals surface area contributed by atoms with Gasteiger partial charge >= 0.3 is 18.5 Å². The van der Waals surface area contributed by atoms with Crippen molar-refractivity contribution in [2.45, 2.75) is 18.5 Å². The summed E-state index contributed by atoms with van der Waals surface area (Å²) in [5.74, 6) is -0.268. The van der Waals surface area contributed by atoms with E-state index in [0.717, 1.165) is 36.5 Å². The molecule has 4 nitrogen and oxygen atoms in total. The minimum Gasteiger partial charge on any atom is -0.261 e. The van der Waals surface area contributed by atoms with Crippen LogP contribution in [-0.4, -0.2) is 16.2 Å². The van der Waals surface area contributed by atoms with Gasteiger partial charge in [0.15, 0.2) is 5.65 Å². The summed E-state index contributed by atoms with van der Waals surface area (Å²) in [4.78, 5) is 6.73. The molecule has 0 aliphatic rings. The van der Waals surface area contributed by atoms with Crippen molar-refractivity contribution in [3.63, 3.8) is 0 Å². The highest BCUT2D eigenvalue weighted by Gasteiger charge is 2.39. The molecule has 0 amide bonds. The standard InChI is InChI=1S/C18H9F9N4/c19-16(20,21)10-3-1-2-9(6-10)8-28-31-14-5-4-11-12(17(22,23)24)7-13(18(25,26)27)29-15(11)30-14/h1-8H,(H,29,30,31). The molecule has 3 rings (SSSR count). The lowest BCUT2D eigenvalue weighted by atomic mass is 10.1. The van der Waals surface area contributed by atoms with Crippen LogP contribution in [0.3, 0.4) is 0 Å². The van der Waals surface area contributed by atoms with Gasteiger partial charge in [-0.15, -0.1) is 0 Å². The summed E-state index contributed by atoms with van der Waals surface area (Å²) in [6, 6.07) is 5.85. The lowest BCUT2D eigenvalue weighted by Crippen LogP contribution is -2.14. The number of pyridine rings is 2. The Morgan fingerprint density at radius 2 is 1.48 bits per heavy atom. The van der Waals surface area contributed by atoms with E-state index >= 15 is 0 Å². The van der Waals surface area contributed by atoms with Gasteiger partial charge in [-0.3, -0.25) is 5.43 Å². The summed E-state index contributed by atoms with van der Waals surface area (Å²) in [7, 11) is 0. The highest BCUT2D eigenvalue weighted by Crippen LogP contribution is 2.38. The number of hydrogen-bond acceptors (Lipinski definition) is 4. The first kappa shape index (κ1) is 22.3. The van der Waals surface area contributed by atoms with Gasteiger partial charge < -0.3 is 0 Å². The van der Waals surface area contributed by atoms with Crippen LogP contribution in [0, 0.1) is 0 Å². The number of fused-ring (bicyclic) bond motifs is 1. The second-order valence-corrected chi connectivity index (χ2v) is 6.11. The van der Waals surface area contributed by atoms with E-state index in [1.807, 2.05) is 0 Å². The Morgan fingerprint density at radius 1 is 0.774 bits per heavy atom. The molecule has 0 saturated heterocycles. The molecule has 164 valence electrons. The maximum Gasteiger partial charge on any atom is 0.433 e. The molecule has 0 fully saturated rings. The summed E-state index contributed by atoms with van der Waals surface area (Å²) >= 11 is 0. The molecular formula is C18H9F9N4. The molecule has 13 heteroatoms. The number of nitrogens with one attached hydrogen (secondary N) is 1. The van der Waals surface area contributed by atoms with Crippen molar-refractivity contribution >= 4 is 23.1 Å². The maximum absolute atomic E-state index is 13.2. The highest BCUT2D eigenvalue weighted by molar-refractivity contribution is 5.82. The second kappa shape index (κ2) is 7.71. The van der Waals surface area contributed by atoms with Gasteiger partial charge in [0.25, 0.3) is 0 Å². The van der Waals surface area contributed by atoms with Crippen LogP contribution in [0.2, 0.25) is 0 Å². The molecule has 0 aliphatic carbocycles. The van der Waals surface area contributed by atoms with Gasteiger partial charge in [0, 0.05) is 5.39 Å². The number of alkyl halides is 9. The normalized spacial score (nSPS) is 13.2. The lowest BCUT2D eigenvalue weighted by molar-refractivity contribution is -0.144. The number of halogens is 9. The lowest BCUT2D eigenvalue weighted by Gasteiger charge is -2.14. The molecule has 1 N–H and O–H groups in total. The zero-order valence-corrected chi connectivity index (χ0v) is 14.9. The Morgan fingerprint density at radius 3 is 2.10 bits per heavy atom. The number of benzene rings is 1. The molecule has 2 aromatic heterocycles. The molecule has 3 aromatic rings. The van der Waals surface area contributed by atoms with Crippen LogP contribution >= 0.6 is 0 Å². The number of rotatable bonds is 3. The van der Waals surface area contributed by atoms with E-state index in [9.17, 15) is 39.5 Å². The quantitative estimate of drug-likeness (QED) is 0.296. The van der Waals surface area contributed by atoms with Gasteiger partial charge in [-0.05, 0) is 35.9 Å². The fraction of sp³-hybridized carbons (Fsp3) is 0.167. The zero-order chi connectivity index (χ0) is 23.0. The van der Waals surface area contributed by atoms with Crippen molar-refractivity contribution in [1.82, 2.24) is 9.97 Å². The van der Waals surface area contributed by atoms with E-state index in [1.165, 1.54) is 6.07 Å². The number of hydrazone groups is 1. The molecule has 31 heavy (non-hydrogen) atoms. The number of nitrogens with zero attached hydrogens (tertiary/aromatic N) is 3. The predicted octanol–water partition coefficient (Wildman–Crippen LogP) is 6.13. The van der Waals surface area contributed by atoms with Gasteiger partial charge in [-0.25, -0.2) is 9.97 Å². The number of anilines is 1. The first-order valence-electron chi connectivity index (χ1n) is 8.18. The third kappa shape index (κ3) is 5.22. The Balaban J connectivity index is 1.93. The number of hydrogen-bond donors (Lipinski definition) is 1. The van der Waals surface area contributed by atoms with Crippen LogP contribution in [0.25, 0.3) is 11.0 Å². The van der Waals surface area contributed by atoms with E-state index in [1.54, 1.807) is 0 Å². The molecule has 1 aromatic carbocycles. The average molecular weight is 452 g/mol. The fourth-order valence-electron chi connectivity index (χ4n) is 2.51. The third-order valence-corrected chi connectivity index (χ3v) is 3.88. The summed E-state index contributed by atoms with van der Waals surface area (Å²) in [6.07, 6.45) is -13.8. The number of aromatic nitrogens is 2. The largest absolute Gasteiger partial charge is 0.433 e. The van der Waals surface area contributed by atoms with Crippen LogP contribution < -0.4 is 5.43 Å². The summed E-state index contributed by atoms with van der Waals surface area (Å²) in [6.45, 7) is 0. The molecule has 0 aliphatic heterocycles. The first-order chi connectivity index (χ1) is 14.2. The summed E-state index contributed by atoms with van der Waals surface area (Å²) < 4.78 is 116. The minimum atomic E-state index is -5.14. The van der Waals surface area contributed by atoms with Crippen molar-refractivity contribution in [3.05, 3.63) is 64.8 Å². The van der Waals surface area contributed by atoms with Crippen LogP contribution in [0.5, 0.6) is 0 Å². The third-order valence-electron chi connectivity index (χ3n) is 3.88. The SMILES string of the molecule is FC(F)(F)c1cccc(C=NNc2ccc3c(C(F)(F)F)cc(C(F)(F)F)nc3n2)c1. The van der Waals surface area contributed by atoms with Crippen LogP contribution in [0.15, 0.2) is 47.6 Å². The monoisotopic (exact) mass is 452 g/mol. The maximum atomic E-state index is 13.2. The van der Waals surface area contributed by atoms with Crippen molar-refractivity contribution < 1.29 is 39.5 Å². The van der Waals surface area contributed by atoms with Crippen molar-refractivity contribution in [2.24, 2.45) is 5.10 Å². The molecule has 0 spiro atoms. The molecule has 0 atom stereocenters. The van der Waals surface area contributed by atoms with Crippen molar-refractivity contribution in [3.8, 4) is 0 Å². The molecule has 0 saturated carbocycles. The molecule has 0 radical (unpaired) electrons. The van der Waals surface area contributed by atoms with Crippen molar-refractivity contribution in [1.29, 1.82) is 0 Å². The molecule has 2 heterocycles. The summed E-state index contributed by atoms with van der Waals surface area (Å²) in [5.41, 5.74) is -2.82. The van der Waals surface area contributed by atoms with Crippen LogP contribution in [0.4, 0.5) is 45.3 Å². The van der Waals surface area contributed by atoms with E-state index in [2.05, 4.69) is 20.5 Å². The van der Waals surface area contributed by atoms with E-state index in [0.29, 0.717) is 0 Å². The predicted molar refractivity (Wildman–Crippen MR) is 92.2 cm³/mol. The zero-order valence-electron chi connectivity index (χ0n) is 14.9. The molecular weight excluding hydrogens is 443 g/mol. The highest BCUT2D eigenvalue weighted by atomic mass is 19.4. The van der Waals surface area contributed by atoms with Crippen LogP contribution in [-0.2, 0) is 18.5 Å². The van der Waals surface area contributed by atoms with Gasteiger partial charge in [0.1, 0.15) is 11.5 Å². The van der Waals surface area contributed by atoms with Gasteiger partial charge in [-0.1, -0.05) is 12.1 Å². The van der Waals surface area contributed by atoms with Crippen molar-refractivity contribution in [2.75, 3.05) is 5.43 Å². The Kier molecular flexibility index (Phi) is 5.54. The second-order valence-electron chi connectivity index (χ2n) is 6.11. The van der Waals surface area contributed by atoms with Crippen LogP contribution in [0.1, 0.15) is 22.4 Å². The Hall–Kier alpha value is -3.38. The smallest absolute Gasteiger partial charge is 0.261 e. The van der Waals surface area contributed by atoms with E-state index in [4.69, 9.17) is 0 Å². The first-order valence-corrected chi connectivity index (χ1v) is 8.18. The average Bonchev–Trinajstić information content (AvgIpc) is 2.65.